The molecule has 0 saturated heterocycles. The SMILES string of the molecule is Cc1c(-c2ccccc2)cc(-c2ccccc2)[nH]c1=O. The first-order chi connectivity index (χ1) is 9.75. The van der Waals surface area contributed by atoms with E-state index in [-0.39, 0.29) is 5.56 Å². The highest BCUT2D eigenvalue weighted by molar-refractivity contribution is 5.72. The summed E-state index contributed by atoms with van der Waals surface area (Å²) in [6, 6.07) is 21.9. The molecule has 3 aromatic rings. The molecule has 0 saturated carbocycles. The van der Waals surface area contributed by atoms with E-state index in [0.29, 0.717) is 0 Å². The molecule has 0 aliphatic carbocycles. The summed E-state index contributed by atoms with van der Waals surface area (Å²) in [5.74, 6) is 0. The largest absolute Gasteiger partial charge is 0.322 e. The molecule has 2 nitrogen and oxygen atoms in total. The predicted molar refractivity (Wildman–Crippen MR) is 82.7 cm³/mol. The molecule has 0 aliphatic heterocycles. The minimum atomic E-state index is -0.0368. The number of benzene rings is 2. The van der Waals surface area contributed by atoms with Crippen molar-refractivity contribution in [1.82, 2.24) is 4.98 Å². The fourth-order valence-corrected chi connectivity index (χ4v) is 2.32. The Labute approximate surface area is 117 Å². The molecule has 1 heterocycles. The average molecular weight is 261 g/mol. The van der Waals surface area contributed by atoms with Gasteiger partial charge in [0, 0.05) is 11.3 Å². The summed E-state index contributed by atoms with van der Waals surface area (Å²) in [5, 5.41) is 0. The molecule has 0 atom stereocenters. The first-order valence-corrected chi connectivity index (χ1v) is 6.60. The normalized spacial score (nSPS) is 10.4. The molecule has 0 unspecified atom stereocenters. The van der Waals surface area contributed by atoms with E-state index in [2.05, 4.69) is 4.98 Å². The zero-order valence-corrected chi connectivity index (χ0v) is 11.3. The lowest BCUT2D eigenvalue weighted by atomic mass is 9.99. The standard InChI is InChI=1S/C18H15NO/c1-13-16(14-8-4-2-5-9-14)12-17(19-18(13)20)15-10-6-3-7-11-15/h2-12H,1H3,(H,19,20). The Hall–Kier alpha value is -2.61. The van der Waals surface area contributed by atoms with Gasteiger partial charge in [-0.2, -0.15) is 0 Å². The maximum absolute atomic E-state index is 12.2. The van der Waals surface area contributed by atoms with Crippen molar-refractivity contribution < 1.29 is 0 Å². The van der Waals surface area contributed by atoms with E-state index in [1.165, 1.54) is 0 Å². The van der Waals surface area contributed by atoms with Gasteiger partial charge in [0.25, 0.3) is 5.56 Å². The summed E-state index contributed by atoms with van der Waals surface area (Å²) >= 11 is 0. The van der Waals surface area contributed by atoms with Gasteiger partial charge in [0.05, 0.1) is 0 Å². The molecule has 2 aromatic carbocycles. The Bertz CT molecular complexity index is 774. The van der Waals surface area contributed by atoms with Crippen LogP contribution in [0.3, 0.4) is 0 Å². The maximum Gasteiger partial charge on any atom is 0.251 e. The zero-order chi connectivity index (χ0) is 13.9. The van der Waals surface area contributed by atoms with Crippen molar-refractivity contribution in [2.75, 3.05) is 0 Å². The Kier molecular flexibility index (Phi) is 3.21. The second kappa shape index (κ2) is 5.17. The number of aromatic amines is 1. The zero-order valence-electron chi connectivity index (χ0n) is 11.3. The van der Waals surface area contributed by atoms with Crippen LogP contribution in [-0.2, 0) is 0 Å². The van der Waals surface area contributed by atoms with Gasteiger partial charge >= 0.3 is 0 Å². The van der Waals surface area contributed by atoms with Crippen LogP contribution < -0.4 is 5.56 Å². The molecule has 0 amide bonds. The minimum absolute atomic E-state index is 0.0368. The smallest absolute Gasteiger partial charge is 0.251 e. The van der Waals surface area contributed by atoms with E-state index >= 15 is 0 Å². The summed E-state index contributed by atoms with van der Waals surface area (Å²) in [4.78, 5) is 15.1. The Morgan fingerprint density at radius 1 is 0.800 bits per heavy atom. The van der Waals surface area contributed by atoms with Gasteiger partial charge in [0.2, 0.25) is 0 Å². The minimum Gasteiger partial charge on any atom is -0.322 e. The summed E-state index contributed by atoms with van der Waals surface area (Å²) < 4.78 is 0. The summed E-state index contributed by atoms with van der Waals surface area (Å²) in [6.45, 7) is 1.86. The Balaban J connectivity index is 2.22. The average Bonchev–Trinajstić information content (AvgIpc) is 2.51. The lowest BCUT2D eigenvalue weighted by molar-refractivity contribution is 1.19. The second-order valence-corrected chi connectivity index (χ2v) is 4.78. The lowest BCUT2D eigenvalue weighted by Crippen LogP contribution is -2.11. The highest BCUT2D eigenvalue weighted by Gasteiger charge is 2.08. The number of pyridine rings is 1. The number of hydrogen-bond acceptors (Lipinski definition) is 1. The van der Waals surface area contributed by atoms with Crippen LogP contribution in [0, 0.1) is 6.92 Å². The predicted octanol–water partition coefficient (Wildman–Crippen LogP) is 4.02. The van der Waals surface area contributed by atoms with Gasteiger partial charge in [-0.3, -0.25) is 4.79 Å². The number of nitrogens with one attached hydrogen (secondary N) is 1. The van der Waals surface area contributed by atoms with E-state index < -0.39 is 0 Å². The van der Waals surface area contributed by atoms with Crippen LogP contribution in [-0.4, -0.2) is 4.98 Å². The quantitative estimate of drug-likeness (QED) is 0.742. The molecule has 0 fully saturated rings. The molecule has 2 heteroatoms. The highest BCUT2D eigenvalue weighted by Crippen LogP contribution is 2.25. The van der Waals surface area contributed by atoms with Gasteiger partial charge in [-0.25, -0.2) is 0 Å². The van der Waals surface area contributed by atoms with Gasteiger partial charge in [0.1, 0.15) is 0 Å². The van der Waals surface area contributed by atoms with Crippen LogP contribution in [0.4, 0.5) is 0 Å². The van der Waals surface area contributed by atoms with Crippen molar-refractivity contribution in [2.45, 2.75) is 6.92 Å². The number of H-pyrrole nitrogens is 1. The molecule has 1 N–H and O–H groups in total. The van der Waals surface area contributed by atoms with Crippen molar-refractivity contribution in [3.05, 3.63) is 82.6 Å². The van der Waals surface area contributed by atoms with Crippen LogP contribution in [0.2, 0.25) is 0 Å². The van der Waals surface area contributed by atoms with Crippen LogP contribution in [0.25, 0.3) is 22.4 Å². The monoisotopic (exact) mass is 261 g/mol. The molecule has 0 bridgehead atoms. The maximum atomic E-state index is 12.2. The summed E-state index contributed by atoms with van der Waals surface area (Å²) in [6.07, 6.45) is 0. The van der Waals surface area contributed by atoms with E-state index in [1.807, 2.05) is 73.7 Å². The molecule has 0 radical (unpaired) electrons. The number of hydrogen-bond donors (Lipinski definition) is 1. The molecule has 3 rings (SSSR count). The Morgan fingerprint density at radius 3 is 1.95 bits per heavy atom. The first kappa shape index (κ1) is 12.4. The van der Waals surface area contributed by atoms with Crippen LogP contribution >= 0.6 is 0 Å². The van der Waals surface area contributed by atoms with Crippen molar-refractivity contribution >= 4 is 0 Å². The molecular formula is C18H15NO. The van der Waals surface area contributed by atoms with Gasteiger partial charge in [0.15, 0.2) is 0 Å². The van der Waals surface area contributed by atoms with E-state index in [9.17, 15) is 4.79 Å². The highest BCUT2D eigenvalue weighted by atomic mass is 16.1. The molecule has 98 valence electrons. The third kappa shape index (κ3) is 2.28. The molecule has 20 heavy (non-hydrogen) atoms. The second-order valence-electron chi connectivity index (χ2n) is 4.78. The molecule has 0 aliphatic rings. The third-order valence-electron chi connectivity index (χ3n) is 3.45. The number of rotatable bonds is 2. The van der Waals surface area contributed by atoms with Gasteiger partial charge < -0.3 is 4.98 Å². The van der Waals surface area contributed by atoms with Gasteiger partial charge in [-0.15, -0.1) is 0 Å². The van der Waals surface area contributed by atoms with Crippen LogP contribution in [0.1, 0.15) is 5.56 Å². The summed E-state index contributed by atoms with van der Waals surface area (Å²) in [7, 11) is 0. The van der Waals surface area contributed by atoms with E-state index in [4.69, 9.17) is 0 Å². The fraction of sp³-hybridized carbons (Fsp3) is 0.0556. The number of aromatic nitrogens is 1. The van der Waals surface area contributed by atoms with Crippen LogP contribution in [0.15, 0.2) is 71.5 Å². The van der Waals surface area contributed by atoms with Crippen molar-refractivity contribution in [1.29, 1.82) is 0 Å². The molecule has 0 spiro atoms. The fourth-order valence-electron chi connectivity index (χ4n) is 2.32. The lowest BCUT2D eigenvalue weighted by Gasteiger charge is -2.09. The van der Waals surface area contributed by atoms with Crippen molar-refractivity contribution in [3.63, 3.8) is 0 Å². The van der Waals surface area contributed by atoms with Crippen LogP contribution in [0.5, 0.6) is 0 Å². The van der Waals surface area contributed by atoms with E-state index in [0.717, 1.165) is 27.9 Å². The van der Waals surface area contributed by atoms with Crippen molar-refractivity contribution in [3.8, 4) is 22.4 Å². The topological polar surface area (TPSA) is 32.9 Å². The van der Waals surface area contributed by atoms with Gasteiger partial charge in [-0.05, 0) is 29.7 Å². The first-order valence-electron chi connectivity index (χ1n) is 6.60. The third-order valence-corrected chi connectivity index (χ3v) is 3.45. The Morgan fingerprint density at radius 2 is 1.35 bits per heavy atom. The van der Waals surface area contributed by atoms with Crippen molar-refractivity contribution in [2.24, 2.45) is 0 Å². The molecule has 1 aromatic heterocycles. The van der Waals surface area contributed by atoms with E-state index in [1.54, 1.807) is 0 Å². The van der Waals surface area contributed by atoms with Gasteiger partial charge in [-0.1, -0.05) is 60.7 Å². The summed E-state index contributed by atoms with van der Waals surface area (Å²) in [5.41, 5.74) is 4.62. The molecular weight excluding hydrogens is 246 g/mol.